The second kappa shape index (κ2) is 7.81. The standard InChI is InChI=1S/C20H27F2NO2/c1-25-14-20(10-4-11-20)19(24)23-12-3-5-15(13-23)8-9-16-17(21)6-2-7-18(16)22/h2,6-7,15H,3-5,8-14H2,1H3/t15-/m1/s1. The van der Waals surface area contributed by atoms with Crippen LogP contribution >= 0.6 is 0 Å². The number of hydrogen-bond donors (Lipinski definition) is 0. The first-order valence-corrected chi connectivity index (χ1v) is 9.27. The molecule has 1 aliphatic carbocycles. The molecule has 1 aliphatic heterocycles. The summed E-state index contributed by atoms with van der Waals surface area (Å²) in [5.41, 5.74) is -0.158. The molecule has 1 saturated heterocycles. The van der Waals surface area contributed by atoms with Gasteiger partial charge in [0.25, 0.3) is 0 Å². The van der Waals surface area contributed by atoms with Gasteiger partial charge < -0.3 is 9.64 Å². The fraction of sp³-hybridized carbons (Fsp3) is 0.650. The van der Waals surface area contributed by atoms with Crippen LogP contribution in [0.1, 0.15) is 44.1 Å². The summed E-state index contributed by atoms with van der Waals surface area (Å²) < 4.78 is 32.9. The number of halogens is 2. The van der Waals surface area contributed by atoms with Crippen molar-refractivity contribution in [3.05, 3.63) is 35.4 Å². The third-order valence-electron chi connectivity index (χ3n) is 5.86. The SMILES string of the molecule is COCC1(C(=O)N2CCC[C@H](CCc3c(F)cccc3F)C2)CCC1. The highest BCUT2D eigenvalue weighted by Crippen LogP contribution is 2.43. The summed E-state index contributed by atoms with van der Waals surface area (Å²) >= 11 is 0. The lowest BCUT2D eigenvalue weighted by atomic mass is 9.68. The molecule has 1 heterocycles. The maximum absolute atomic E-state index is 13.8. The molecule has 1 saturated carbocycles. The van der Waals surface area contributed by atoms with Crippen molar-refractivity contribution in [2.45, 2.75) is 44.9 Å². The zero-order valence-corrected chi connectivity index (χ0v) is 14.9. The zero-order chi connectivity index (χ0) is 17.9. The second-order valence-electron chi connectivity index (χ2n) is 7.57. The highest BCUT2D eigenvalue weighted by Gasteiger charge is 2.46. The lowest BCUT2D eigenvalue weighted by Gasteiger charge is -2.45. The monoisotopic (exact) mass is 351 g/mol. The van der Waals surface area contributed by atoms with Crippen LogP contribution in [0.2, 0.25) is 0 Å². The first-order chi connectivity index (χ1) is 12.1. The van der Waals surface area contributed by atoms with E-state index in [2.05, 4.69) is 0 Å². The van der Waals surface area contributed by atoms with Gasteiger partial charge in [0.2, 0.25) is 5.91 Å². The van der Waals surface area contributed by atoms with E-state index >= 15 is 0 Å². The number of rotatable bonds is 6. The van der Waals surface area contributed by atoms with Crippen LogP contribution in [-0.4, -0.2) is 37.6 Å². The molecule has 0 spiro atoms. The predicted octanol–water partition coefficient (Wildman–Crippen LogP) is 3.95. The number of amides is 1. The molecule has 1 amide bonds. The molecule has 1 aromatic carbocycles. The molecule has 0 unspecified atom stereocenters. The number of likely N-dealkylation sites (tertiary alicyclic amines) is 1. The van der Waals surface area contributed by atoms with E-state index in [0.29, 0.717) is 31.9 Å². The molecule has 1 aromatic rings. The van der Waals surface area contributed by atoms with E-state index in [9.17, 15) is 13.6 Å². The molecule has 25 heavy (non-hydrogen) atoms. The number of benzene rings is 1. The Bertz CT molecular complexity index is 595. The largest absolute Gasteiger partial charge is 0.384 e. The minimum atomic E-state index is -0.475. The summed E-state index contributed by atoms with van der Waals surface area (Å²) in [5, 5.41) is 0. The van der Waals surface area contributed by atoms with Gasteiger partial charge in [-0.05, 0) is 56.6 Å². The van der Waals surface area contributed by atoms with Crippen molar-refractivity contribution in [3.63, 3.8) is 0 Å². The maximum atomic E-state index is 13.8. The molecule has 138 valence electrons. The van der Waals surface area contributed by atoms with Crippen LogP contribution < -0.4 is 0 Å². The van der Waals surface area contributed by atoms with Gasteiger partial charge in [-0.3, -0.25) is 4.79 Å². The Balaban J connectivity index is 1.59. The van der Waals surface area contributed by atoms with Gasteiger partial charge in [-0.1, -0.05) is 12.5 Å². The molecule has 2 aliphatic rings. The van der Waals surface area contributed by atoms with Gasteiger partial charge in [-0.15, -0.1) is 0 Å². The fourth-order valence-electron chi connectivity index (χ4n) is 4.24. The first-order valence-electron chi connectivity index (χ1n) is 9.27. The number of carbonyl (C=O) groups is 1. The topological polar surface area (TPSA) is 29.5 Å². The second-order valence-corrected chi connectivity index (χ2v) is 7.57. The van der Waals surface area contributed by atoms with E-state index in [1.165, 1.54) is 18.2 Å². The summed E-state index contributed by atoms with van der Waals surface area (Å²) in [4.78, 5) is 14.9. The minimum absolute atomic E-state index is 0.167. The van der Waals surface area contributed by atoms with E-state index in [-0.39, 0.29) is 16.9 Å². The van der Waals surface area contributed by atoms with E-state index in [1.807, 2.05) is 4.90 Å². The molecule has 0 bridgehead atoms. The van der Waals surface area contributed by atoms with Crippen molar-refractivity contribution in [1.82, 2.24) is 4.90 Å². The fourth-order valence-corrected chi connectivity index (χ4v) is 4.24. The normalized spacial score (nSPS) is 22.5. The third kappa shape index (κ3) is 3.86. The maximum Gasteiger partial charge on any atom is 0.231 e. The average Bonchev–Trinajstić information content (AvgIpc) is 2.57. The van der Waals surface area contributed by atoms with Gasteiger partial charge in [-0.2, -0.15) is 0 Å². The highest BCUT2D eigenvalue weighted by atomic mass is 19.1. The van der Waals surface area contributed by atoms with E-state index in [4.69, 9.17) is 4.74 Å². The van der Waals surface area contributed by atoms with Gasteiger partial charge in [0.15, 0.2) is 0 Å². The summed E-state index contributed by atoms with van der Waals surface area (Å²) in [7, 11) is 1.65. The molecule has 3 rings (SSSR count). The molecule has 5 heteroatoms. The number of methoxy groups -OCH3 is 1. The zero-order valence-electron chi connectivity index (χ0n) is 14.9. The summed E-state index contributed by atoms with van der Waals surface area (Å²) in [6.45, 7) is 1.97. The average molecular weight is 351 g/mol. The van der Waals surface area contributed by atoms with Crippen LogP contribution in [0.15, 0.2) is 18.2 Å². The Hall–Kier alpha value is -1.49. The summed E-state index contributed by atoms with van der Waals surface area (Å²) in [6, 6.07) is 4.00. The van der Waals surface area contributed by atoms with Gasteiger partial charge in [0.1, 0.15) is 11.6 Å². The first kappa shape index (κ1) is 18.3. The lowest BCUT2D eigenvalue weighted by molar-refractivity contribution is -0.154. The van der Waals surface area contributed by atoms with Gasteiger partial charge in [0, 0.05) is 25.8 Å². The van der Waals surface area contributed by atoms with Crippen molar-refractivity contribution >= 4 is 5.91 Å². The van der Waals surface area contributed by atoms with E-state index in [0.717, 1.165) is 38.6 Å². The molecule has 1 atom stereocenters. The van der Waals surface area contributed by atoms with Crippen LogP contribution in [0.25, 0.3) is 0 Å². The lowest BCUT2D eigenvalue weighted by Crippen LogP contribution is -2.53. The number of piperidine rings is 1. The third-order valence-corrected chi connectivity index (χ3v) is 5.86. The Morgan fingerprint density at radius 1 is 1.28 bits per heavy atom. The number of hydrogen-bond acceptors (Lipinski definition) is 2. The number of carbonyl (C=O) groups excluding carboxylic acids is 1. The van der Waals surface area contributed by atoms with Crippen molar-refractivity contribution in [2.75, 3.05) is 26.8 Å². The Morgan fingerprint density at radius 2 is 2.00 bits per heavy atom. The number of ether oxygens (including phenoxy) is 1. The van der Waals surface area contributed by atoms with Gasteiger partial charge >= 0.3 is 0 Å². The predicted molar refractivity (Wildman–Crippen MR) is 92.1 cm³/mol. The van der Waals surface area contributed by atoms with Gasteiger partial charge in [0.05, 0.1) is 12.0 Å². The summed E-state index contributed by atoms with van der Waals surface area (Å²) in [6.07, 6.45) is 5.95. The minimum Gasteiger partial charge on any atom is -0.384 e. The van der Waals surface area contributed by atoms with Crippen molar-refractivity contribution in [2.24, 2.45) is 11.3 Å². The van der Waals surface area contributed by atoms with Crippen LogP contribution in [0, 0.1) is 23.0 Å². The molecule has 2 fully saturated rings. The van der Waals surface area contributed by atoms with Crippen LogP contribution in [-0.2, 0) is 16.0 Å². The highest BCUT2D eigenvalue weighted by molar-refractivity contribution is 5.84. The molecule has 0 aromatic heterocycles. The molecule has 0 N–H and O–H groups in total. The molecular formula is C20H27F2NO2. The molecular weight excluding hydrogens is 324 g/mol. The number of nitrogens with zero attached hydrogens (tertiary/aromatic N) is 1. The molecule has 0 radical (unpaired) electrons. The Morgan fingerprint density at radius 3 is 2.60 bits per heavy atom. The van der Waals surface area contributed by atoms with Crippen LogP contribution in [0.5, 0.6) is 0 Å². The van der Waals surface area contributed by atoms with Crippen LogP contribution in [0.4, 0.5) is 8.78 Å². The smallest absolute Gasteiger partial charge is 0.231 e. The van der Waals surface area contributed by atoms with Crippen molar-refractivity contribution in [1.29, 1.82) is 0 Å². The Labute approximate surface area is 148 Å². The van der Waals surface area contributed by atoms with Gasteiger partial charge in [-0.25, -0.2) is 8.78 Å². The van der Waals surface area contributed by atoms with Crippen molar-refractivity contribution in [3.8, 4) is 0 Å². The molecule has 3 nitrogen and oxygen atoms in total. The van der Waals surface area contributed by atoms with Crippen molar-refractivity contribution < 1.29 is 18.3 Å². The Kier molecular flexibility index (Phi) is 5.72. The van der Waals surface area contributed by atoms with E-state index < -0.39 is 11.6 Å². The van der Waals surface area contributed by atoms with Crippen LogP contribution in [0.3, 0.4) is 0 Å². The summed E-state index contributed by atoms with van der Waals surface area (Å²) in [5.74, 6) is -0.437. The van der Waals surface area contributed by atoms with E-state index in [1.54, 1.807) is 7.11 Å². The quantitative estimate of drug-likeness (QED) is 0.777.